The summed E-state index contributed by atoms with van der Waals surface area (Å²) in [4.78, 5) is 19.9. The van der Waals surface area contributed by atoms with Gasteiger partial charge in [0.1, 0.15) is 0 Å². The molecule has 0 aromatic carbocycles. The van der Waals surface area contributed by atoms with Crippen LogP contribution in [0.5, 0.6) is 0 Å². The van der Waals surface area contributed by atoms with Gasteiger partial charge in [-0.15, -0.1) is 0 Å². The largest absolute Gasteiger partial charge is 0.481 e. The molecular formula is C6H8O4. The summed E-state index contributed by atoms with van der Waals surface area (Å²) < 4.78 is 0. The van der Waals surface area contributed by atoms with E-state index in [-0.39, 0.29) is 0 Å². The van der Waals surface area contributed by atoms with E-state index in [9.17, 15) is 9.59 Å². The molecule has 0 saturated carbocycles. The van der Waals surface area contributed by atoms with Crippen molar-refractivity contribution < 1.29 is 19.8 Å². The summed E-state index contributed by atoms with van der Waals surface area (Å²) in [6, 6.07) is 0. The van der Waals surface area contributed by atoms with Crippen molar-refractivity contribution in [2.24, 2.45) is 5.92 Å². The van der Waals surface area contributed by atoms with E-state index in [1.54, 1.807) is 0 Å². The molecular weight excluding hydrogens is 136 g/mol. The van der Waals surface area contributed by atoms with Crippen LogP contribution in [0.4, 0.5) is 0 Å². The van der Waals surface area contributed by atoms with Gasteiger partial charge in [-0.3, -0.25) is 4.79 Å². The number of rotatable bonds is 3. The molecule has 0 aliphatic carbocycles. The van der Waals surface area contributed by atoms with Gasteiger partial charge >= 0.3 is 11.9 Å². The molecule has 2 N–H and O–H groups in total. The molecule has 0 saturated heterocycles. The zero-order chi connectivity index (χ0) is 8.15. The van der Waals surface area contributed by atoms with Crippen LogP contribution in [0.15, 0.2) is 12.2 Å². The van der Waals surface area contributed by atoms with Crippen molar-refractivity contribution >= 4 is 11.9 Å². The molecule has 0 heterocycles. The lowest BCUT2D eigenvalue weighted by Gasteiger charge is -1.94. The van der Waals surface area contributed by atoms with E-state index in [2.05, 4.69) is 0 Å². The highest BCUT2D eigenvalue weighted by Gasteiger charge is 2.05. The van der Waals surface area contributed by atoms with Gasteiger partial charge < -0.3 is 10.2 Å². The van der Waals surface area contributed by atoms with Crippen molar-refractivity contribution in [3.63, 3.8) is 0 Å². The Bertz CT molecular complexity index is 171. The highest BCUT2D eigenvalue weighted by Crippen LogP contribution is 1.95. The molecule has 56 valence electrons. The van der Waals surface area contributed by atoms with Crippen LogP contribution in [0.2, 0.25) is 0 Å². The zero-order valence-corrected chi connectivity index (χ0v) is 5.44. The van der Waals surface area contributed by atoms with Gasteiger partial charge in [-0.25, -0.2) is 4.79 Å². The van der Waals surface area contributed by atoms with Crippen LogP contribution in [0.3, 0.4) is 0 Å². The van der Waals surface area contributed by atoms with E-state index in [1.165, 1.54) is 6.92 Å². The van der Waals surface area contributed by atoms with Gasteiger partial charge in [0.2, 0.25) is 0 Å². The Labute approximate surface area is 57.8 Å². The molecule has 0 unspecified atom stereocenters. The molecule has 4 heteroatoms. The third kappa shape index (κ3) is 3.65. The van der Waals surface area contributed by atoms with Crippen molar-refractivity contribution in [1.29, 1.82) is 0 Å². The minimum absolute atomic E-state index is 0.740. The van der Waals surface area contributed by atoms with E-state index < -0.39 is 17.9 Å². The highest BCUT2D eigenvalue weighted by molar-refractivity contribution is 5.81. The van der Waals surface area contributed by atoms with Crippen molar-refractivity contribution in [2.75, 3.05) is 0 Å². The van der Waals surface area contributed by atoms with Crippen LogP contribution in [-0.2, 0) is 9.59 Å². The van der Waals surface area contributed by atoms with Crippen molar-refractivity contribution in [1.82, 2.24) is 0 Å². The van der Waals surface area contributed by atoms with E-state index in [4.69, 9.17) is 10.2 Å². The summed E-state index contributed by atoms with van der Waals surface area (Å²) in [6.45, 7) is 1.40. The Kier molecular flexibility index (Phi) is 3.17. The third-order valence-electron chi connectivity index (χ3n) is 0.917. The van der Waals surface area contributed by atoms with Gasteiger partial charge in [-0.2, -0.15) is 0 Å². The number of hydrogen-bond donors (Lipinski definition) is 2. The second-order valence-corrected chi connectivity index (χ2v) is 1.82. The number of aliphatic carboxylic acids is 2. The van der Waals surface area contributed by atoms with Gasteiger partial charge in [-0.05, 0) is 6.92 Å². The third-order valence-corrected chi connectivity index (χ3v) is 0.917. The Hall–Kier alpha value is -1.32. The Morgan fingerprint density at radius 1 is 1.40 bits per heavy atom. The first-order valence-electron chi connectivity index (χ1n) is 2.68. The molecule has 0 fully saturated rings. The summed E-state index contributed by atoms with van der Waals surface area (Å²) in [5, 5.41) is 16.3. The first-order valence-corrected chi connectivity index (χ1v) is 2.68. The second kappa shape index (κ2) is 3.66. The lowest BCUT2D eigenvalue weighted by molar-refractivity contribution is -0.139. The first-order chi connectivity index (χ1) is 4.54. The summed E-state index contributed by atoms with van der Waals surface area (Å²) in [7, 11) is 0. The summed E-state index contributed by atoms with van der Waals surface area (Å²) in [5.74, 6) is -2.90. The maximum absolute atomic E-state index is 10.1. The molecule has 0 aromatic heterocycles. The highest BCUT2D eigenvalue weighted by atomic mass is 16.4. The van der Waals surface area contributed by atoms with E-state index in [1.807, 2.05) is 0 Å². The van der Waals surface area contributed by atoms with Gasteiger partial charge in [-0.1, -0.05) is 6.08 Å². The van der Waals surface area contributed by atoms with Gasteiger partial charge in [0, 0.05) is 6.08 Å². The SMILES string of the molecule is C[C@@H](/C=C/C(=O)O)C(=O)O. The van der Waals surface area contributed by atoms with E-state index >= 15 is 0 Å². The summed E-state index contributed by atoms with van der Waals surface area (Å²) >= 11 is 0. The molecule has 0 aromatic rings. The van der Waals surface area contributed by atoms with Crippen LogP contribution in [0.1, 0.15) is 6.92 Å². The molecule has 1 atom stereocenters. The molecule has 0 amide bonds. The van der Waals surface area contributed by atoms with E-state index in [0.29, 0.717) is 0 Å². The Morgan fingerprint density at radius 2 is 1.90 bits per heavy atom. The van der Waals surface area contributed by atoms with Crippen LogP contribution < -0.4 is 0 Å². The lowest BCUT2D eigenvalue weighted by Crippen LogP contribution is -2.06. The fraction of sp³-hybridized carbons (Fsp3) is 0.333. The smallest absolute Gasteiger partial charge is 0.328 e. The van der Waals surface area contributed by atoms with Gasteiger partial charge in [0.15, 0.2) is 0 Å². The number of carboxylic acid groups (broad SMARTS) is 2. The number of carboxylic acids is 2. The van der Waals surface area contributed by atoms with Gasteiger partial charge in [0.25, 0.3) is 0 Å². The van der Waals surface area contributed by atoms with E-state index in [0.717, 1.165) is 12.2 Å². The fourth-order valence-electron chi connectivity index (χ4n) is 0.309. The minimum Gasteiger partial charge on any atom is -0.481 e. The second-order valence-electron chi connectivity index (χ2n) is 1.82. The monoisotopic (exact) mass is 144 g/mol. The standard InChI is InChI=1S/C6H8O4/c1-4(6(9)10)2-3-5(7)8/h2-4H,1H3,(H,7,8)(H,9,10)/b3-2+/t4-/m0/s1. The van der Waals surface area contributed by atoms with Crippen molar-refractivity contribution in [2.45, 2.75) is 6.92 Å². The predicted molar refractivity (Wildman–Crippen MR) is 33.6 cm³/mol. The van der Waals surface area contributed by atoms with Crippen LogP contribution in [-0.4, -0.2) is 22.2 Å². The zero-order valence-electron chi connectivity index (χ0n) is 5.44. The average molecular weight is 144 g/mol. The molecule has 0 spiro atoms. The van der Waals surface area contributed by atoms with Crippen LogP contribution in [0, 0.1) is 5.92 Å². The molecule has 10 heavy (non-hydrogen) atoms. The molecule has 0 rings (SSSR count). The molecule has 0 radical (unpaired) electrons. The quantitative estimate of drug-likeness (QED) is 0.560. The molecule has 0 bridgehead atoms. The lowest BCUT2D eigenvalue weighted by atomic mass is 10.2. The maximum Gasteiger partial charge on any atom is 0.328 e. The topological polar surface area (TPSA) is 74.6 Å². The number of carbonyl (C=O) groups is 2. The predicted octanol–water partition coefficient (Wildman–Crippen LogP) is 0.348. The van der Waals surface area contributed by atoms with Crippen LogP contribution >= 0.6 is 0 Å². The fourth-order valence-corrected chi connectivity index (χ4v) is 0.309. The Morgan fingerprint density at radius 3 is 2.20 bits per heavy atom. The average Bonchev–Trinajstić information content (AvgIpc) is 1.82. The molecule has 0 aliphatic rings. The molecule has 4 nitrogen and oxygen atoms in total. The maximum atomic E-state index is 10.1. The van der Waals surface area contributed by atoms with Crippen molar-refractivity contribution in [3.8, 4) is 0 Å². The Balaban J connectivity index is 3.89. The summed E-state index contributed by atoms with van der Waals surface area (Å²) in [5.41, 5.74) is 0. The van der Waals surface area contributed by atoms with Gasteiger partial charge in [0.05, 0.1) is 5.92 Å². The first kappa shape index (κ1) is 8.68. The number of hydrogen-bond acceptors (Lipinski definition) is 2. The van der Waals surface area contributed by atoms with Crippen LogP contribution in [0.25, 0.3) is 0 Å². The minimum atomic E-state index is -1.13. The van der Waals surface area contributed by atoms with Crippen molar-refractivity contribution in [3.05, 3.63) is 12.2 Å². The normalized spacial score (nSPS) is 13.3. The summed E-state index contributed by atoms with van der Waals surface area (Å²) in [6.07, 6.45) is 1.93. The molecule has 0 aliphatic heterocycles.